The van der Waals surface area contributed by atoms with Crippen molar-refractivity contribution < 1.29 is 4.39 Å². The highest BCUT2D eigenvalue weighted by molar-refractivity contribution is 5.17. The number of piperazine rings is 1. The van der Waals surface area contributed by atoms with Gasteiger partial charge in [0.15, 0.2) is 0 Å². The Morgan fingerprint density at radius 2 is 2.25 bits per heavy atom. The Bertz CT molecular complexity index is 201. The van der Waals surface area contributed by atoms with Gasteiger partial charge in [0.05, 0.1) is 5.70 Å². The Balaban J connectivity index is 2.51. The maximum Gasteiger partial charge on any atom is 0.138 e. The van der Waals surface area contributed by atoms with Gasteiger partial charge in [-0.2, -0.15) is 0 Å². The van der Waals surface area contributed by atoms with Crippen LogP contribution >= 0.6 is 0 Å². The fourth-order valence-corrected chi connectivity index (χ4v) is 1.35. The van der Waals surface area contributed by atoms with Crippen LogP contribution in [-0.4, -0.2) is 30.6 Å². The molecule has 1 unspecified atom stereocenters. The molecule has 1 N–H and O–H groups in total. The molecule has 1 fully saturated rings. The van der Waals surface area contributed by atoms with Crippen LogP contribution in [0.2, 0.25) is 0 Å². The smallest absolute Gasteiger partial charge is 0.138 e. The molecule has 1 rings (SSSR count). The third-order valence-electron chi connectivity index (χ3n) is 2.06. The summed E-state index contributed by atoms with van der Waals surface area (Å²) < 4.78 is 12.7. The summed E-state index contributed by atoms with van der Waals surface area (Å²) >= 11 is 0. The predicted octanol–water partition coefficient (Wildman–Crippen LogP) is 1.28. The molecule has 68 valence electrons. The fourth-order valence-electron chi connectivity index (χ4n) is 1.35. The minimum absolute atomic E-state index is 0.398. The molecule has 0 aromatic heterocycles. The number of rotatable bonds is 2. The Labute approximate surface area is 72.7 Å². The molecular weight excluding hydrogens is 155 g/mol. The number of halogens is 1. The van der Waals surface area contributed by atoms with E-state index in [1.54, 1.807) is 0 Å². The van der Waals surface area contributed by atoms with Crippen molar-refractivity contribution in [2.75, 3.05) is 19.6 Å². The lowest BCUT2D eigenvalue weighted by Gasteiger charge is -2.34. The standard InChI is InChI=1S/C9H15FN2/c1-7-6-12(5-4-11-7)9(3)8(2)10/h7,11H,2-6H2,1H3. The van der Waals surface area contributed by atoms with Gasteiger partial charge >= 0.3 is 0 Å². The van der Waals surface area contributed by atoms with Crippen LogP contribution in [0.4, 0.5) is 4.39 Å². The van der Waals surface area contributed by atoms with Crippen molar-refractivity contribution in [3.8, 4) is 0 Å². The van der Waals surface area contributed by atoms with Gasteiger partial charge in [0.1, 0.15) is 5.83 Å². The molecule has 0 aromatic rings. The van der Waals surface area contributed by atoms with Crippen molar-refractivity contribution >= 4 is 0 Å². The molecule has 0 spiro atoms. The van der Waals surface area contributed by atoms with E-state index in [0.29, 0.717) is 11.7 Å². The highest BCUT2D eigenvalue weighted by atomic mass is 19.1. The zero-order chi connectivity index (χ0) is 9.14. The SMILES string of the molecule is C=C(F)C(=C)N1CCNC(C)C1. The van der Waals surface area contributed by atoms with Crippen LogP contribution < -0.4 is 5.32 Å². The van der Waals surface area contributed by atoms with E-state index in [1.807, 2.05) is 4.90 Å². The highest BCUT2D eigenvalue weighted by Gasteiger charge is 2.17. The summed E-state index contributed by atoms with van der Waals surface area (Å²) in [7, 11) is 0. The Morgan fingerprint density at radius 3 is 2.75 bits per heavy atom. The fraction of sp³-hybridized carbons (Fsp3) is 0.556. The van der Waals surface area contributed by atoms with Crippen molar-refractivity contribution in [3.05, 3.63) is 24.7 Å². The summed E-state index contributed by atoms with van der Waals surface area (Å²) in [6.45, 7) is 11.4. The Kier molecular flexibility index (Phi) is 2.87. The molecule has 1 aliphatic heterocycles. The minimum Gasteiger partial charge on any atom is -0.367 e. The van der Waals surface area contributed by atoms with Gasteiger partial charge in [0.2, 0.25) is 0 Å². The van der Waals surface area contributed by atoms with E-state index in [1.165, 1.54) is 0 Å². The molecular formula is C9H15FN2. The van der Waals surface area contributed by atoms with Crippen molar-refractivity contribution in [2.24, 2.45) is 0 Å². The minimum atomic E-state index is -0.427. The maximum absolute atomic E-state index is 12.7. The molecule has 1 saturated heterocycles. The lowest BCUT2D eigenvalue weighted by atomic mass is 10.2. The first-order chi connectivity index (χ1) is 5.61. The van der Waals surface area contributed by atoms with Crippen LogP contribution in [0.3, 0.4) is 0 Å². The first kappa shape index (κ1) is 9.26. The third-order valence-corrected chi connectivity index (χ3v) is 2.06. The Morgan fingerprint density at radius 1 is 1.58 bits per heavy atom. The second-order valence-electron chi connectivity index (χ2n) is 3.15. The van der Waals surface area contributed by atoms with Gasteiger partial charge in [-0.15, -0.1) is 0 Å². The molecule has 1 atom stereocenters. The maximum atomic E-state index is 12.7. The average molecular weight is 170 g/mol. The van der Waals surface area contributed by atoms with Gasteiger partial charge in [-0.05, 0) is 6.92 Å². The van der Waals surface area contributed by atoms with Gasteiger partial charge in [-0.1, -0.05) is 13.2 Å². The van der Waals surface area contributed by atoms with Crippen LogP contribution in [0.15, 0.2) is 24.7 Å². The highest BCUT2D eigenvalue weighted by Crippen LogP contribution is 2.14. The summed E-state index contributed by atoms with van der Waals surface area (Å²) in [5, 5.41) is 3.27. The van der Waals surface area contributed by atoms with Crippen molar-refractivity contribution in [1.29, 1.82) is 0 Å². The van der Waals surface area contributed by atoms with E-state index in [4.69, 9.17) is 0 Å². The predicted molar refractivity (Wildman–Crippen MR) is 48.4 cm³/mol. The average Bonchev–Trinajstić information content (AvgIpc) is 2.03. The quantitative estimate of drug-likeness (QED) is 0.628. The molecule has 2 nitrogen and oxygen atoms in total. The van der Waals surface area contributed by atoms with Crippen molar-refractivity contribution in [1.82, 2.24) is 10.2 Å². The monoisotopic (exact) mass is 170 g/mol. The van der Waals surface area contributed by atoms with Crippen LogP contribution in [0.1, 0.15) is 6.92 Å². The van der Waals surface area contributed by atoms with Gasteiger partial charge in [-0.25, -0.2) is 4.39 Å². The lowest BCUT2D eigenvalue weighted by molar-refractivity contribution is 0.253. The summed E-state index contributed by atoms with van der Waals surface area (Å²) in [6, 6.07) is 0.398. The van der Waals surface area contributed by atoms with E-state index in [0.717, 1.165) is 19.6 Å². The number of nitrogens with zero attached hydrogens (tertiary/aromatic N) is 1. The topological polar surface area (TPSA) is 15.3 Å². The molecule has 12 heavy (non-hydrogen) atoms. The molecule has 0 bridgehead atoms. The van der Waals surface area contributed by atoms with Crippen LogP contribution in [0.25, 0.3) is 0 Å². The normalized spacial score (nSPS) is 23.8. The summed E-state index contributed by atoms with van der Waals surface area (Å²) in [4.78, 5) is 1.92. The van der Waals surface area contributed by atoms with Gasteiger partial charge in [0.25, 0.3) is 0 Å². The second-order valence-corrected chi connectivity index (χ2v) is 3.15. The van der Waals surface area contributed by atoms with E-state index >= 15 is 0 Å². The molecule has 0 radical (unpaired) electrons. The number of hydrogen-bond acceptors (Lipinski definition) is 2. The van der Waals surface area contributed by atoms with E-state index in [-0.39, 0.29) is 0 Å². The lowest BCUT2D eigenvalue weighted by Crippen LogP contribution is -2.48. The molecule has 0 amide bonds. The van der Waals surface area contributed by atoms with Crippen LogP contribution in [-0.2, 0) is 0 Å². The van der Waals surface area contributed by atoms with Crippen LogP contribution in [0, 0.1) is 0 Å². The van der Waals surface area contributed by atoms with E-state index < -0.39 is 5.83 Å². The van der Waals surface area contributed by atoms with Crippen molar-refractivity contribution in [3.63, 3.8) is 0 Å². The Hall–Kier alpha value is -0.830. The molecule has 0 aromatic carbocycles. The summed E-state index contributed by atoms with van der Waals surface area (Å²) in [6.07, 6.45) is 0. The van der Waals surface area contributed by atoms with E-state index in [2.05, 4.69) is 25.4 Å². The number of nitrogens with one attached hydrogen (secondary N) is 1. The zero-order valence-electron chi connectivity index (χ0n) is 7.44. The molecule has 0 aliphatic carbocycles. The van der Waals surface area contributed by atoms with Gasteiger partial charge in [-0.3, -0.25) is 0 Å². The summed E-state index contributed by atoms with van der Waals surface area (Å²) in [5.41, 5.74) is 0.420. The first-order valence-corrected chi connectivity index (χ1v) is 4.13. The van der Waals surface area contributed by atoms with Crippen LogP contribution in [0.5, 0.6) is 0 Å². The summed E-state index contributed by atoms with van der Waals surface area (Å²) in [5.74, 6) is -0.427. The number of hydrogen-bond donors (Lipinski definition) is 1. The largest absolute Gasteiger partial charge is 0.367 e. The van der Waals surface area contributed by atoms with Crippen molar-refractivity contribution in [2.45, 2.75) is 13.0 Å². The number of allylic oxidation sites excluding steroid dienone is 1. The van der Waals surface area contributed by atoms with Gasteiger partial charge < -0.3 is 10.2 Å². The van der Waals surface area contributed by atoms with E-state index in [9.17, 15) is 4.39 Å². The first-order valence-electron chi connectivity index (χ1n) is 4.13. The molecule has 0 saturated carbocycles. The molecule has 3 heteroatoms. The third kappa shape index (κ3) is 2.08. The molecule has 1 heterocycles. The zero-order valence-corrected chi connectivity index (χ0v) is 7.44. The van der Waals surface area contributed by atoms with Gasteiger partial charge in [0, 0.05) is 25.7 Å². The second kappa shape index (κ2) is 3.72. The molecule has 1 aliphatic rings.